The molecule has 4 nitrogen and oxygen atoms in total. The summed E-state index contributed by atoms with van der Waals surface area (Å²) in [6.07, 6.45) is -0.749. The standard InChI is InChI=1S/C18H18O4S/c1-20-13-8-12(9-14(21-2)18(13)22-3)17(19)16-10-11-6-4-5-7-15(11)23-16/h4-10,17,19H,1-3H3. The minimum absolute atomic E-state index is 0.516. The van der Waals surface area contributed by atoms with Gasteiger partial charge in [0.25, 0.3) is 0 Å². The zero-order valence-corrected chi connectivity index (χ0v) is 14.0. The van der Waals surface area contributed by atoms with Crippen molar-refractivity contribution < 1.29 is 19.3 Å². The van der Waals surface area contributed by atoms with Gasteiger partial charge in [0.15, 0.2) is 11.5 Å². The average Bonchev–Trinajstić information content (AvgIpc) is 3.03. The van der Waals surface area contributed by atoms with E-state index in [-0.39, 0.29) is 0 Å². The number of thiophene rings is 1. The minimum Gasteiger partial charge on any atom is -0.493 e. The number of ether oxygens (including phenoxy) is 3. The minimum atomic E-state index is -0.749. The summed E-state index contributed by atoms with van der Waals surface area (Å²) >= 11 is 1.57. The van der Waals surface area contributed by atoms with Gasteiger partial charge in [0.05, 0.1) is 21.3 Å². The maximum atomic E-state index is 10.8. The van der Waals surface area contributed by atoms with Crippen molar-refractivity contribution in [3.63, 3.8) is 0 Å². The Balaban J connectivity index is 2.06. The summed E-state index contributed by atoms with van der Waals surface area (Å²) in [5.41, 5.74) is 0.700. The first-order valence-electron chi connectivity index (χ1n) is 7.14. The molecule has 1 unspecified atom stereocenters. The van der Waals surface area contributed by atoms with Gasteiger partial charge in [0.1, 0.15) is 6.10 Å². The summed E-state index contributed by atoms with van der Waals surface area (Å²) in [5.74, 6) is 1.58. The predicted molar refractivity (Wildman–Crippen MR) is 92.0 cm³/mol. The molecule has 3 rings (SSSR count). The smallest absolute Gasteiger partial charge is 0.203 e. The van der Waals surface area contributed by atoms with Crippen LogP contribution in [-0.4, -0.2) is 26.4 Å². The molecule has 0 spiro atoms. The highest BCUT2D eigenvalue weighted by molar-refractivity contribution is 7.19. The van der Waals surface area contributed by atoms with Gasteiger partial charge in [-0.25, -0.2) is 0 Å². The Morgan fingerprint density at radius 1 is 0.913 bits per heavy atom. The molecular formula is C18H18O4S. The van der Waals surface area contributed by atoms with E-state index in [1.165, 1.54) is 0 Å². The summed E-state index contributed by atoms with van der Waals surface area (Å²) in [5, 5.41) is 11.9. The third kappa shape index (κ3) is 2.85. The van der Waals surface area contributed by atoms with Crippen LogP contribution in [-0.2, 0) is 0 Å². The number of hydrogen-bond donors (Lipinski definition) is 1. The Morgan fingerprint density at radius 2 is 1.57 bits per heavy atom. The second-order valence-corrected chi connectivity index (χ2v) is 6.16. The van der Waals surface area contributed by atoms with Crippen molar-refractivity contribution in [3.05, 3.63) is 52.9 Å². The molecule has 23 heavy (non-hydrogen) atoms. The molecule has 0 saturated carbocycles. The lowest BCUT2D eigenvalue weighted by atomic mass is 10.1. The van der Waals surface area contributed by atoms with E-state index >= 15 is 0 Å². The molecule has 1 heterocycles. The molecular weight excluding hydrogens is 312 g/mol. The highest BCUT2D eigenvalue weighted by Gasteiger charge is 2.20. The lowest BCUT2D eigenvalue weighted by molar-refractivity contribution is 0.222. The zero-order chi connectivity index (χ0) is 16.4. The quantitative estimate of drug-likeness (QED) is 0.768. The van der Waals surface area contributed by atoms with Crippen LogP contribution >= 0.6 is 11.3 Å². The molecule has 2 aromatic carbocycles. The molecule has 1 atom stereocenters. The fourth-order valence-electron chi connectivity index (χ4n) is 2.56. The second-order valence-electron chi connectivity index (χ2n) is 5.05. The number of aliphatic hydroxyl groups excluding tert-OH is 1. The third-order valence-corrected chi connectivity index (χ3v) is 4.89. The summed E-state index contributed by atoms with van der Waals surface area (Å²) in [6.45, 7) is 0. The number of rotatable bonds is 5. The topological polar surface area (TPSA) is 47.9 Å². The Morgan fingerprint density at radius 3 is 2.13 bits per heavy atom. The average molecular weight is 330 g/mol. The van der Waals surface area contributed by atoms with E-state index in [2.05, 4.69) is 0 Å². The van der Waals surface area contributed by atoms with E-state index < -0.39 is 6.10 Å². The molecule has 1 N–H and O–H groups in total. The van der Waals surface area contributed by atoms with Crippen LogP contribution in [0, 0.1) is 0 Å². The molecule has 0 aliphatic carbocycles. The van der Waals surface area contributed by atoms with Gasteiger partial charge in [-0.2, -0.15) is 0 Å². The molecule has 0 aliphatic heterocycles. The number of aliphatic hydroxyl groups is 1. The van der Waals surface area contributed by atoms with Crippen LogP contribution in [0.2, 0.25) is 0 Å². The maximum absolute atomic E-state index is 10.8. The summed E-state index contributed by atoms with van der Waals surface area (Å²) in [7, 11) is 4.68. The van der Waals surface area contributed by atoms with Crippen LogP contribution in [0.4, 0.5) is 0 Å². The van der Waals surface area contributed by atoms with Crippen molar-refractivity contribution in [3.8, 4) is 17.2 Å². The van der Waals surface area contributed by atoms with Crippen molar-refractivity contribution >= 4 is 21.4 Å². The molecule has 0 saturated heterocycles. The first-order chi connectivity index (χ1) is 11.2. The normalized spacial score (nSPS) is 12.2. The van der Waals surface area contributed by atoms with Crippen LogP contribution < -0.4 is 14.2 Å². The van der Waals surface area contributed by atoms with Gasteiger partial charge >= 0.3 is 0 Å². The number of fused-ring (bicyclic) bond motifs is 1. The predicted octanol–water partition coefficient (Wildman–Crippen LogP) is 4.01. The molecule has 5 heteroatoms. The maximum Gasteiger partial charge on any atom is 0.203 e. The zero-order valence-electron chi connectivity index (χ0n) is 13.2. The molecule has 0 amide bonds. The van der Waals surface area contributed by atoms with E-state index in [0.717, 1.165) is 15.0 Å². The second kappa shape index (κ2) is 6.48. The highest BCUT2D eigenvalue weighted by Crippen LogP contribution is 2.42. The van der Waals surface area contributed by atoms with Crippen molar-refractivity contribution in [2.45, 2.75) is 6.10 Å². The van der Waals surface area contributed by atoms with Gasteiger partial charge in [0, 0.05) is 9.58 Å². The summed E-state index contributed by atoms with van der Waals surface area (Å²) in [4.78, 5) is 0.875. The van der Waals surface area contributed by atoms with Crippen molar-refractivity contribution in [1.82, 2.24) is 0 Å². The number of methoxy groups -OCH3 is 3. The lowest BCUT2D eigenvalue weighted by Gasteiger charge is -2.16. The first kappa shape index (κ1) is 15.6. The van der Waals surface area contributed by atoms with E-state index in [1.54, 1.807) is 44.8 Å². The fraction of sp³-hybridized carbons (Fsp3) is 0.222. The van der Waals surface area contributed by atoms with E-state index in [4.69, 9.17) is 14.2 Å². The molecule has 0 bridgehead atoms. The largest absolute Gasteiger partial charge is 0.493 e. The van der Waals surface area contributed by atoms with Crippen molar-refractivity contribution in [2.75, 3.05) is 21.3 Å². The van der Waals surface area contributed by atoms with Crippen LogP contribution in [0.1, 0.15) is 16.5 Å². The first-order valence-corrected chi connectivity index (χ1v) is 7.96. The number of benzene rings is 2. The van der Waals surface area contributed by atoms with Crippen molar-refractivity contribution in [1.29, 1.82) is 0 Å². The highest BCUT2D eigenvalue weighted by atomic mass is 32.1. The van der Waals surface area contributed by atoms with Gasteiger partial charge < -0.3 is 19.3 Å². The van der Waals surface area contributed by atoms with E-state index in [9.17, 15) is 5.11 Å². The summed E-state index contributed by atoms with van der Waals surface area (Å²) in [6, 6.07) is 13.6. The number of hydrogen-bond acceptors (Lipinski definition) is 5. The van der Waals surface area contributed by atoms with Gasteiger partial charge in [-0.3, -0.25) is 0 Å². The van der Waals surface area contributed by atoms with Crippen LogP contribution in [0.15, 0.2) is 42.5 Å². The molecule has 1 aromatic heterocycles. The van der Waals surface area contributed by atoms with Gasteiger partial charge in [-0.1, -0.05) is 18.2 Å². The third-order valence-electron chi connectivity index (χ3n) is 3.72. The SMILES string of the molecule is COc1cc(C(O)c2cc3ccccc3s2)cc(OC)c1OC. The summed E-state index contributed by atoms with van der Waals surface area (Å²) < 4.78 is 17.2. The molecule has 0 aliphatic rings. The molecule has 0 radical (unpaired) electrons. The Labute approximate surface area is 138 Å². The Kier molecular flexibility index (Phi) is 4.41. The molecule has 120 valence electrons. The van der Waals surface area contributed by atoms with Gasteiger partial charge in [-0.05, 0) is 35.2 Å². The van der Waals surface area contributed by atoms with E-state index in [1.807, 2.05) is 30.3 Å². The van der Waals surface area contributed by atoms with Gasteiger partial charge in [0.2, 0.25) is 5.75 Å². The van der Waals surface area contributed by atoms with Crippen LogP contribution in [0.25, 0.3) is 10.1 Å². The Hall–Kier alpha value is -2.24. The van der Waals surface area contributed by atoms with E-state index in [0.29, 0.717) is 22.8 Å². The fourth-order valence-corrected chi connectivity index (χ4v) is 3.64. The van der Waals surface area contributed by atoms with Crippen molar-refractivity contribution in [2.24, 2.45) is 0 Å². The monoisotopic (exact) mass is 330 g/mol. The Bertz CT molecular complexity index is 767. The molecule has 0 fully saturated rings. The lowest BCUT2D eigenvalue weighted by Crippen LogP contribution is -2.01. The van der Waals surface area contributed by atoms with Gasteiger partial charge in [-0.15, -0.1) is 11.3 Å². The van der Waals surface area contributed by atoms with Crippen LogP contribution in [0.5, 0.6) is 17.2 Å². The molecule has 3 aromatic rings. The van der Waals surface area contributed by atoms with Crippen LogP contribution in [0.3, 0.4) is 0 Å².